The number of carbonyl (C=O) groups is 2. The number of piperazine rings is 1. The molecular weight excluding hydrogens is 463 g/mol. The lowest BCUT2D eigenvalue weighted by Gasteiger charge is -2.39. The molecule has 5 rings (SSSR count). The number of thiophene rings is 1. The average molecular weight is 491 g/mol. The van der Waals surface area contributed by atoms with E-state index in [9.17, 15) is 14.0 Å². The zero-order valence-electron chi connectivity index (χ0n) is 19.7. The van der Waals surface area contributed by atoms with Gasteiger partial charge in [-0.05, 0) is 54.6 Å². The summed E-state index contributed by atoms with van der Waals surface area (Å²) in [5, 5.41) is 5.75. The fourth-order valence-electron chi connectivity index (χ4n) is 4.62. The first-order valence-corrected chi connectivity index (χ1v) is 12.5. The first-order chi connectivity index (χ1) is 16.9. The largest absolute Gasteiger partial charge is 0.334 e. The van der Waals surface area contributed by atoms with E-state index in [1.807, 2.05) is 41.5 Å². The van der Waals surface area contributed by atoms with Crippen molar-refractivity contribution in [2.24, 2.45) is 0 Å². The van der Waals surface area contributed by atoms with Gasteiger partial charge >= 0.3 is 6.03 Å². The number of hydrogen-bond donors (Lipinski definition) is 1. The number of halogens is 1. The highest BCUT2D eigenvalue weighted by atomic mass is 32.1. The number of hydrogen-bond acceptors (Lipinski definition) is 3. The number of para-hydroxylation sites is 1. The van der Waals surface area contributed by atoms with E-state index in [2.05, 4.69) is 28.9 Å². The minimum atomic E-state index is -0.475. The summed E-state index contributed by atoms with van der Waals surface area (Å²) >= 11 is 1.63. The maximum absolute atomic E-state index is 14.0. The molecule has 180 valence electrons. The number of amides is 3. The highest BCUT2D eigenvalue weighted by Crippen LogP contribution is 2.28. The van der Waals surface area contributed by atoms with Gasteiger partial charge in [0.2, 0.25) is 0 Å². The predicted molar refractivity (Wildman–Crippen MR) is 138 cm³/mol. The van der Waals surface area contributed by atoms with Gasteiger partial charge in [0.1, 0.15) is 16.3 Å². The van der Waals surface area contributed by atoms with E-state index in [-0.39, 0.29) is 23.7 Å². The fraction of sp³-hybridized carbons (Fsp3) is 0.259. The van der Waals surface area contributed by atoms with Crippen molar-refractivity contribution >= 4 is 39.2 Å². The Balaban J connectivity index is 1.33. The van der Waals surface area contributed by atoms with Crippen LogP contribution in [0.25, 0.3) is 10.2 Å². The molecular formula is C27H27FN4O2S. The van der Waals surface area contributed by atoms with Gasteiger partial charge in [-0.25, -0.2) is 9.18 Å². The van der Waals surface area contributed by atoms with Crippen molar-refractivity contribution in [2.45, 2.75) is 26.4 Å². The molecule has 0 radical (unpaired) electrons. The zero-order chi connectivity index (χ0) is 24.5. The lowest BCUT2D eigenvalue weighted by molar-refractivity contribution is 0.0583. The van der Waals surface area contributed by atoms with Crippen molar-refractivity contribution in [3.05, 3.63) is 88.7 Å². The third-order valence-electron chi connectivity index (χ3n) is 6.60. The molecule has 2 aromatic carbocycles. The normalized spacial score (nSPS) is 16.0. The van der Waals surface area contributed by atoms with Gasteiger partial charge in [-0.3, -0.25) is 4.79 Å². The molecule has 35 heavy (non-hydrogen) atoms. The summed E-state index contributed by atoms with van der Waals surface area (Å²) in [6.45, 7) is 5.81. The third-order valence-corrected chi connectivity index (χ3v) is 7.55. The van der Waals surface area contributed by atoms with E-state index in [0.717, 1.165) is 10.2 Å². The summed E-state index contributed by atoms with van der Waals surface area (Å²) in [5.74, 6) is -0.514. The van der Waals surface area contributed by atoms with Crippen LogP contribution in [0.2, 0.25) is 0 Å². The second-order valence-electron chi connectivity index (χ2n) is 8.93. The monoisotopic (exact) mass is 490 g/mol. The van der Waals surface area contributed by atoms with Crippen LogP contribution >= 0.6 is 11.3 Å². The van der Waals surface area contributed by atoms with E-state index in [0.29, 0.717) is 31.9 Å². The predicted octanol–water partition coefficient (Wildman–Crippen LogP) is 5.58. The zero-order valence-corrected chi connectivity index (χ0v) is 20.5. The van der Waals surface area contributed by atoms with Crippen LogP contribution in [-0.2, 0) is 6.54 Å². The van der Waals surface area contributed by atoms with E-state index in [1.54, 1.807) is 28.4 Å². The van der Waals surface area contributed by atoms with Gasteiger partial charge in [0.05, 0.1) is 5.69 Å². The molecule has 1 N–H and O–H groups in total. The number of aryl methyl sites for hydroxylation is 1. The highest BCUT2D eigenvalue weighted by Gasteiger charge is 2.32. The minimum Gasteiger partial charge on any atom is -0.334 e. The van der Waals surface area contributed by atoms with Crippen LogP contribution in [0.4, 0.5) is 14.9 Å². The van der Waals surface area contributed by atoms with Crippen LogP contribution in [-0.4, -0.2) is 52.0 Å². The minimum absolute atomic E-state index is 0.0389. The van der Waals surface area contributed by atoms with Crippen molar-refractivity contribution in [1.29, 1.82) is 0 Å². The lowest BCUT2D eigenvalue weighted by atomic mass is 10.1. The topological polar surface area (TPSA) is 57.6 Å². The number of fused-ring (bicyclic) bond motifs is 1. The second-order valence-corrected chi connectivity index (χ2v) is 9.82. The molecule has 6 nitrogen and oxygen atoms in total. The molecule has 0 aliphatic carbocycles. The maximum Gasteiger partial charge on any atom is 0.322 e. The van der Waals surface area contributed by atoms with Crippen LogP contribution in [0, 0.1) is 12.7 Å². The Morgan fingerprint density at radius 3 is 2.63 bits per heavy atom. The number of nitrogens with one attached hydrogen (secondary N) is 1. The van der Waals surface area contributed by atoms with Crippen LogP contribution < -0.4 is 5.32 Å². The van der Waals surface area contributed by atoms with Crippen molar-refractivity contribution < 1.29 is 14.0 Å². The van der Waals surface area contributed by atoms with Gasteiger partial charge in [0.25, 0.3) is 5.91 Å². The smallest absolute Gasteiger partial charge is 0.322 e. The second kappa shape index (κ2) is 9.54. The number of benzene rings is 2. The molecule has 2 aromatic heterocycles. The summed E-state index contributed by atoms with van der Waals surface area (Å²) in [6, 6.07) is 17.8. The molecule has 0 saturated carbocycles. The maximum atomic E-state index is 14.0. The summed E-state index contributed by atoms with van der Waals surface area (Å²) in [7, 11) is 0. The third kappa shape index (κ3) is 4.53. The Bertz CT molecular complexity index is 1390. The summed E-state index contributed by atoms with van der Waals surface area (Å²) in [6.07, 6.45) is 0. The molecule has 1 fully saturated rings. The molecule has 0 unspecified atom stereocenters. The molecule has 0 spiro atoms. The molecule has 1 atom stereocenters. The molecule has 3 heterocycles. The van der Waals surface area contributed by atoms with Gasteiger partial charge in [0.15, 0.2) is 0 Å². The summed E-state index contributed by atoms with van der Waals surface area (Å²) < 4.78 is 16.1. The number of carbonyl (C=O) groups excluding carboxylic acids is 2. The Morgan fingerprint density at radius 2 is 1.86 bits per heavy atom. The first-order valence-electron chi connectivity index (χ1n) is 11.6. The van der Waals surface area contributed by atoms with E-state index in [4.69, 9.17) is 0 Å². The number of anilines is 1. The van der Waals surface area contributed by atoms with Gasteiger partial charge in [-0.15, -0.1) is 11.3 Å². The molecule has 8 heteroatoms. The van der Waals surface area contributed by atoms with Gasteiger partial charge in [-0.1, -0.05) is 36.4 Å². The molecule has 4 aromatic rings. The van der Waals surface area contributed by atoms with Crippen molar-refractivity contribution in [1.82, 2.24) is 14.4 Å². The van der Waals surface area contributed by atoms with Gasteiger partial charge in [0, 0.05) is 37.6 Å². The Labute approximate surface area is 207 Å². The number of urea groups is 1. The number of aromatic nitrogens is 1. The van der Waals surface area contributed by atoms with Crippen molar-refractivity contribution in [2.75, 3.05) is 25.0 Å². The van der Waals surface area contributed by atoms with Crippen LogP contribution in [0.3, 0.4) is 0 Å². The van der Waals surface area contributed by atoms with E-state index < -0.39 is 5.82 Å². The van der Waals surface area contributed by atoms with E-state index in [1.165, 1.54) is 23.3 Å². The van der Waals surface area contributed by atoms with Crippen LogP contribution in [0.15, 0.2) is 66.0 Å². The molecule has 1 aliphatic rings. The summed E-state index contributed by atoms with van der Waals surface area (Å²) in [4.78, 5) is 31.0. The van der Waals surface area contributed by atoms with Gasteiger partial charge in [-0.2, -0.15) is 0 Å². The quantitative estimate of drug-likeness (QED) is 0.406. The molecule has 1 aliphatic heterocycles. The molecule has 1 saturated heterocycles. The Kier molecular flexibility index (Phi) is 6.30. The van der Waals surface area contributed by atoms with Crippen LogP contribution in [0.5, 0.6) is 0 Å². The Morgan fingerprint density at radius 1 is 1.09 bits per heavy atom. The number of rotatable bonds is 4. The average Bonchev–Trinajstić information content (AvgIpc) is 3.44. The summed E-state index contributed by atoms with van der Waals surface area (Å²) in [5.41, 5.74) is 3.17. The lowest BCUT2D eigenvalue weighted by Crippen LogP contribution is -2.56. The van der Waals surface area contributed by atoms with Gasteiger partial charge < -0.3 is 19.7 Å². The number of nitrogens with zero attached hydrogens (tertiary/aromatic N) is 3. The Hall–Kier alpha value is -3.65. The van der Waals surface area contributed by atoms with Crippen molar-refractivity contribution in [3.63, 3.8) is 0 Å². The standard InChI is InChI=1S/C27H27FN4O2S/c1-18-7-3-4-8-21(18)17-32-24(15-20-11-14-35-26(20)32)25(33)30-12-13-31(19(2)16-30)27(34)29-23-10-6-5-9-22(23)28/h3-11,14-15,19H,12-13,16-17H2,1-2H3,(H,29,34)/t19-/m0/s1. The molecule has 0 bridgehead atoms. The SMILES string of the molecule is Cc1ccccc1Cn1c(C(=O)N2CCN(C(=O)Nc3ccccc3F)[C@@H](C)C2)cc2ccsc21. The van der Waals surface area contributed by atoms with E-state index >= 15 is 0 Å². The fourth-order valence-corrected chi connectivity index (χ4v) is 5.52. The van der Waals surface area contributed by atoms with Crippen molar-refractivity contribution in [3.8, 4) is 0 Å². The molecule has 3 amide bonds. The first kappa shape index (κ1) is 23.1. The van der Waals surface area contributed by atoms with Crippen LogP contribution in [0.1, 0.15) is 28.5 Å². The highest BCUT2D eigenvalue weighted by molar-refractivity contribution is 7.16.